The van der Waals surface area contributed by atoms with Gasteiger partial charge in [0.15, 0.2) is 0 Å². The minimum Gasteiger partial charge on any atom is -0.319 e. The van der Waals surface area contributed by atoms with Crippen LogP contribution in [0.3, 0.4) is 0 Å². The molecule has 1 aromatic carbocycles. The Labute approximate surface area is 118 Å². The second kappa shape index (κ2) is 5.43. The highest BCUT2D eigenvalue weighted by Gasteiger charge is 2.16. The molecule has 2 aromatic heterocycles. The first-order valence-corrected chi connectivity index (χ1v) is 6.92. The number of aryl methyl sites for hydroxylation is 1. The van der Waals surface area contributed by atoms with Crippen LogP contribution in [0.1, 0.15) is 30.6 Å². The second-order valence-corrected chi connectivity index (χ2v) is 4.87. The fourth-order valence-electron chi connectivity index (χ4n) is 2.55. The average Bonchev–Trinajstić information content (AvgIpc) is 2.94. The molecule has 0 saturated heterocycles. The molecule has 0 aliphatic heterocycles. The quantitative estimate of drug-likeness (QED) is 0.790. The average molecular weight is 266 g/mol. The molecule has 0 fully saturated rings. The van der Waals surface area contributed by atoms with E-state index in [0.717, 1.165) is 35.1 Å². The van der Waals surface area contributed by atoms with Gasteiger partial charge < -0.3 is 5.73 Å². The number of para-hydroxylation sites is 1. The highest BCUT2D eigenvalue weighted by Crippen LogP contribution is 2.26. The molecule has 4 nitrogen and oxygen atoms in total. The maximum atomic E-state index is 6.47. The van der Waals surface area contributed by atoms with Crippen molar-refractivity contribution < 1.29 is 0 Å². The third kappa shape index (κ3) is 2.18. The second-order valence-electron chi connectivity index (χ2n) is 4.87. The number of fused-ring (bicyclic) bond motifs is 1. The molecule has 0 aliphatic carbocycles. The number of benzene rings is 1. The smallest absolute Gasteiger partial charge is 0.0730 e. The third-order valence-corrected chi connectivity index (χ3v) is 3.52. The van der Waals surface area contributed by atoms with Crippen molar-refractivity contribution in [1.82, 2.24) is 14.8 Å². The molecule has 0 amide bonds. The first kappa shape index (κ1) is 12.8. The Hall–Kier alpha value is -2.20. The molecular weight excluding hydrogens is 248 g/mol. The predicted octanol–water partition coefficient (Wildman–Crippen LogP) is 2.89. The van der Waals surface area contributed by atoms with E-state index >= 15 is 0 Å². The molecule has 3 rings (SSSR count). The molecule has 102 valence electrons. The Kier molecular flexibility index (Phi) is 3.48. The van der Waals surface area contributed by atoms with Crippen molar-refractivity contribution in [3.63, 3.8) is 0 Å². The Bertz CT molecular complexity index is 712. The van der Waals surface area contributed by atoms with Crippen LogP contribution >= 0.6 is 0 Å². The molecule has 0 aliphatic rings. The minimum absolute atomic E-state index is 0.183. The topological polar surface area (TPSA) is 56.7 Å². The summed E-state index contributed by atoms with van der Waals surface area (Å²) in [6.07, 6.45) is 4.67. The van der Waals surface area contributed by atoms with Gasteiger partial charge in [0.05, 0.1) is 17.3 Å². The van der Waals surface area contributed by atoms with Crippen molar-refractivity contribution in [2.45, 2.75) is 25.9 Å². The van der Waals surface area contributed by atoms with Crippen molar-refractivity contribution >= 4 is 10.9 Å². The van der Waals surface area contributed by atoms with Gasteiger partial charge in [-0.25, -0.2) is 0 Å². The van der Waals surface area contributed by atoms with E-state index in [-0.39, 0.29) is 6.04 Å². The maximum absolute atomic E-state index is 6.47. The molecule has 20 heavy (non-hydrogen) atoms. The lowest BCUT2D eigenvalue weighted by molar-refractivity contribution is 0.560. The lowest BCUT2D eigenvalue weighted by Crippen LogP contribution is -2.18. The molecule has 0 bridgehead atoms. The summed E-state index contributed by atoms with van der Waals surface area (Å²) < 4.78 is 1.99. The summed E-state index contributed by atoms with van der Waals surface area (Å²) in [5.41, 5.74) is 9.58. The molecule has 0 saturated carbocycles. The van der Waals surface area contributed by atoms with Crippen LogP contribution in [0.4, 0.5) is 0 Å². The Morgan fingerprint density at radius 1 is 1.15 bits per heavy atom. The Balaban J connectivity index is 2.08. The number of nitrogens with two attached hydrogens (primary N) is 1. The van der Waals surface area contributed by atoms with E-state index in [9.17, 15) is 0 Å². The fourth-order valence-corrected chi connectivity index (χ4v) is 2.55. The van der Waals surface area contributed by atoms with Gasteiger partial charge in [0.25, 0.3) is 0 Å². The van der Waals surface area contributed by atoms with Crippen LogP contribution in [0.15, 0.2) is 48.8 Å². The summed E-state index contributed by atoms with van der Waals surface area (Å²) in [6, 6.07) is 11.9. The van der Waals surface area contributed by atoms with E-state index in [0.29, 0.717) is 0 Å². The summed E-state index contributed by atoms with van der Waals surface area (Å²) >= 11 is 0. The summed E-state index contributed by atoms with van der Waals surface area (Å²) in [6.45, 7) is 3.03. The molecule has 3 aromatic rings. The van der Waals surface area contributed by atoms with Gasteiger partial charge in [-0.15, -0.1) is 0 Å². The van der Waals surface area contributed by atoms with E-state index in [2.05, 4.69) is 23.1 Å². The van der Waals surface area contributed by atoms with Crippen molar-refractivity contribution in [3.8, 4) is 0 Å². The normalized spacial score (nSPS) is 12.7. The van der Waals surface area contributed by atoms with Crippen LogP contribution < -0.4 is 5.73 Å². The molecular formula is C16H18N4. The molecule has 2 heterocycles. The first-order chi connectivity index (χ1) is 9.81. The van der Waals surface area contributed by atoms with Gasteiger partial charge in [0.2, 0.25) is 0 Å². The Morgan fingerprint density at radius 3 is 2.85 bits per heavy atom. The van der Waals surface area contributed by atoms with Crippen LogP contribution in [-0.4, -0.2) is 14.8 Å². The van der Waals surface area contributed by atoms with E-state index in [4.69, 9.17) is 5.73 Å². The third-order valence-electron chi connectivity index (χ3n) is 3.52. The number of pyridine rings is 1. The van der Waals surface area contributed by atoms with Gasteiger partial charge in [0.1, 0.15) is 0 Å². The van der Waals surface area contributed by atoms with Crippen LogP contribution in [0.25, 0.3) is 10.9 Å². The van der Waals surface area contributed by atoms with E-state index in [1.165, 1.54) is 0 Å². The van der Waals surface area contributed by atoms with Gasteiger partial charge in [0, 0.05) is 24.3 Å². The van der Waals surface area contributed by atoms with E-state index in [1.54, 1.807) is 0 Å². The number of hydrogen-bond acceptors (Lipinski definition) is 3. The van der Waals surface area contributed by atoms with Gasteiger partial charge in [-0.05, 0) is 30.2 Å². The Morgan fingerprint density at radius 2 is 2.00 bits per heavy atom. The standard InChI is InChI=1S/C16H18N4/c1-2-11-20-15(8-10-19-20)16(17)13-7-9-18-14-6-4-3-5-12(13)14/h3-10,16H,2,11,17H2,1H3. The zero-order chi connectivity index (χ0) is 13.9. The van der Waals surface area contributed by atoms with Crippen LogP contribution in [-0.2, 0) is 6.54 Å². The van der Waals surface area contributed by atoms with Crippen LogP contribution in [0.2, 0.25) is 0 Å². The zero-order valence-corrected chi connectivity index (χ0v) is 11.5. The number of hydrogen-bond donors (Lipinski definition) is 1. The summed E-state index contributed by atoms with van der Waals surface area (Å²) in [5.74, 6) is 0. The molecule has 1 unspecified atom stereocenters. The van der Waals surface area contributed by atoms with Crippen molar-refractivity contribution in [1.29, 1.82) is 0 Å². The zero-order valence-electron chi connectivity index (χ0n) is 11.5. The van der Waals surface area contributed by atoms with Crippen LogP contribution in [0.5, 0.6) is 0 Å². The maximum Gasteiger partial charge on any atom is 0.0730 e. The predicted molar refractivity (Wildman–Crippen MR) is 80.3 cm³/mol. The summed E-state index contributed by atoms with van der Waals surface area (Å²) in [7, 11) is 0. The van der Waals surface area contributed by atoms with Gasteiger partial charge in [-0.2, -0.15) is 5.10 Å². The molecule has 0 radical (unpaired) electrons. The van der Waals surface area contributed by atoms with E-state index in [1.807, 2.05) is 47.4 Å². The summed E-state index contributed by atoms with van der Waals surface area (Å²) in [5, 5.41) is 5.46. The summed E-state index contributed by atoms with van der Waals surface area (Å²) in [4.78, 5) is 4.39. The molecule has 1 atom stereocenters. The monoisotopic (exact) mass is 266 g/mol. The first-order valence-electron chi connectivity index (χ1n) is 6.92. The highest BCUT2D eigenvalue weighted by atomic mass is 15.3. The SMILES string of the molecule is CCCn1nccc1C(N)c1ccnc2ccccc12. The number of aromatic nitrogens is 3. The van der Waals surface area contributed by atoms with E-state index < -0.39 is 0 Å². The minimum atomic E-state index is -0.183. The van der Waals surface area contributed by atoms with Crippen molar-refractivity contribution in [2.24, 2.45) is 5.73 Å². The number of nitrogens with zero attached hydrogens (tertiary/aromatic N) is 3. The van der Waals surface area contributed by atoms with Gasteiger partial charge >= 0.3 is 0 Å². The van der Waals surface area contributed by atoms with Crippen LogP contribution in [0, 0.1) is 0 Å². The number of rotatable bonds is 4. The molecule has 4 heteroatoms. The molecule has 2 N–H and O–H groups in total. The van der Waals surface area contributed by atoms with Crippen molar-refractivity contribution in [3.05, 3.63) is 60.0 Å². The van der Waals surface area contributed by atoms with Gasteiger partial charge in [-0.3, -0.25) is 9.67 Å². The van der Waals surface area contributed by atoms with Crippen molar-refractivity contribution in [2.75, 3.05) is 0 Å². The lowest BCUT2D eigenvalue weighted by Gasteiger charge is -2.16. The van der Waals surface area contributed by atoms with Gasteiger partial charge in [-0.1, -0.05) is 25.1 Å². The fraction of sp³-hybridized carbons (Fsp3) is 0.250. The lowest BCUT2D eigenvalue weighted by atomic mass is 10.0. The largest absolute Gasteiger partial charge is 0.319 e. The molecule has 0 spiro atoms. The highest BCUT2D eigenvalue weighted by molar-refractivity contribution is 5.82.